The fraction of sp³-hybridized carbons (Fsp3) is 0.353. The number of aryl methyl sites for hydroxylation is 4. The van der Waals surface area contributed by atoms with Crippen LogP contribution in [0, 0.1) is 51.2 Å². The van der Waals surface area contributed by atoms with E-state index in [1.54, 1.807) is 0 Å². The molecule has 6 aromatic rings. The van der Waals surface area contributed by atoms with E-state index in [1.807, 2.05) is 59.0 Å². The number of aliphatic hydroxyl groups is 1. The molecule has 1 radical (unpaired) electrons. The van der Waals surface area contributed by atoms with Crippen LogP contribution in [-0.4, -0.2) is 28.9 Å². The molecule has 4 nitrogen and oxygen atoms in total. The molecule has 4 aromatic carbocycles. The molecule has 0 amide bonds. The molecule has 0 unspecified atom stereocenters. The number of hydrogen-bond donors (Lipinski definition) is 1. The molecule has 0 aliphatic carbocycles. The summed E-state index contributed by atoms with van der Waals surface area (Å²) in [7, 11) is -1.29. The zero-order valence-corrected chi connectivity index (χ0v) is 39.6. The number of aliphatic hydroxyl groups excluding tert-OH is 1. The van der Waals surface area contributed by atoms with Crippen molar-refractivity contribution in [1.82, 2.24) is 9.97 Å². The summed E-state index contributed by atoms with van der Waals surface area (Å²) in [4.78, 5) is 21.2. The van der Waals surface area contributed by atoms with Crippen molar-refractivity contribution in [2.24, 2.45) is 11.3 Å². The Morgan fingerprint density at radius 1 is 0.772 bits per heavy atom. The second-order valence-electron chi connectivity index (χ2n) is 16.5. The van der Waals surface area contributed by atoms with Crippen LogP contribution < -0.4 is 5.19 Å². The Bertz CT molecular complexity index is 2260. The number of pyridine rings is 2. The van der Waals surface area contributed by atoms with E-state index >= 15 is 0 Å². The van der Waals surface area contributed by atoms with Crippen LogP contribution in [0.4, 0.5) is 0 Å². The topological polar surface area (TPSA) is 63.1 Å². The number of ketones is 1. The summed E-state index contributed by atoms with van der Waals surface area (Å²) in [6.07, 6.45) is 6.74. The third-order valence-electron chi connectivity index (χ3n) is 10.9. The largest absolute Gasteiger partial charge is 0.512 e. The maximum atomic E-state index is 11.9. The van der Waals surface area contributed by atoms with Gasteiger partial charge in [0, 0.05) is 43.7 Å². The molecule has 0 aliphatic heterocycles. The van der Waals surface area contributed by atoms with Gasteiger partial charge in [-0.1, -0.05) is 136 Å². The van der Waals surface area contributed by atoms with Crippen molar-refractivity contribution in [1.29, 1.82) is 0 Å². The van der Waals surface area contributed by atoms with Crippen molar-refractivity contribution in [3.63, 3.8) is 0 Å². The number of para-hydroxylation sites is 1. The Morgan fingerprint density at radius 2 is 1.37 bits per heavy atom. The van der Waals surface area contributed by atoms with Crippen molar-refractivity contribution >= 4 is 40.7 Å². The van der Waals surface area contributed by atoms with Gasteiger partial charge in [-0.05, 0) is 65.4 Å². The van der Waals surface area contributed by atoms with E-state index in [0.29, 0.717) is 0 Å². The minimum absolute atomic E-state index is 0. The molecule has 1 N–H and O–H groups in total. The van der Waals surface area contributed by atoms with Gasteiger partial charge in [0.15, 0.2) is 5.78 Å². The molecule has 0 aliphatic rings. The Hall–Kier alpha value is -4.22. The molecule has 57 heavy (non-hydrogen) atoms. The maximum Gasteiger partial charge on any atom is 0.162 e. The maximum absolute atomic E-state index is 11.9. The minimum Gasteiger partial charge on any atom is -0.512 e. The van der Waals surface area contributed by atoms with Gasteiger partial charge in [0.2, 0.25) is 0 Å². The molecule has 303 valence electrons. The van der Waals surface area contributed by atoms with Gasteiger partial charge < -0.3 is 10.1 Å². The van der Waals surface area contributed by atoms with E-state index in [0.717, 1.165) is 64.8 Å². The number of aromatic nitrogens is 2. The SMILES string of the molecule is CCC(CC)C(=O)/C=C(\O)C(C)(CC)CC.Cc1[c-]c(-c2ccc3ccccc3n2)cc(C)c1.Cc1[c-]c(-c2nccc3cc([Si](C)(C)C)ccc23)cc(C)c1.[Ir]. The molecule has 0 fully saturated rings. The van der Waals surface area contributed by atoms with Gasteiger partial charge in [-0.15, -0.1) is 69.8 Å². The fourth-order valence-electron chi connectivity index (χ4n) is 6.86. The first-order chi connectivity index (χ1) is 26.5. The summed E-state index contributed by atoms with van der Waals surface area (Å²) >= 11 is 0. The summed E-state index contributed by atoms with van der Waals surface area (Å²) in [5.74, 6) is 0.366. The molecule has 0 bridgehead atoms. The van der Waals surface area contributed by atoms with Crippen molar-refractivity contribution in [2.45, 2.75) is 108 Å². The van der Waals surface area contributed by atoms with Crippen LogP contribution in [0.25, 0.3) is 44.2 Å². The predicted molar refractivity (Wildman–Crippen MR) is 242 cm³/mol. The van der Waals surface area contributed by atoms with Crippen LogP contribution >= 0.6 is 0 Å². The number of allylic oxidation sites excluding steroid dienone is 2. The number of carbonyl (C=O) groups is 1. The van der Waals surface area contributed by atoms with Gasteiger partial charge in [-0.2, -0.15) is 0 Å². The van der Waals surface area contributed by atoms with E-state index in [2.05, 4.69) is 131 Å². The van der Waals surface area contributed by atoms with Crippen LogP contribution in [0.15, 0.2) is 103 Å². The third kappa shape index (κ3) is 12.6. The van der Waals surface area contributed by atoms with Crippen molar-refractivity contribution in [3.8, 4) is 22.5 Å². The quantitative estimate of drug-likeness (QED) is 0.0643. The molecule has 0 atom stereocenters. The van der Waals surface area contributed by atoms with Gasteiger partial charge in [-0.25, -0.2) is 0 Å². The van der Waals surface area contributed by atoms with Gasteiger partial charge in [-0.3, -0.25) is 9.78 Å². The van der Waals surface area contributed by atoms with E-state index in [9.17, 15) is 9.90 Å². The number of rotatable bonds is 10. The third-order valence-corrected chi connectivity index (χ3v) is 12.9. The second kappa shape index (κ2) is 21.0. The average molecular weight is 955 g/mol. The number of hydrogen-bond acceptors (Lipinski definition) is 4. The van der Waals surface area contributed by atoms with Gasteiger partial charge in [0.1, 0.15) is 5.76 Å². The second-order valence-corrected chi connectivity index (χ2v) is 21.5. The summed E-state index contributed by atoms with van der Waals surface area (Å²) in [6, 6.07) is 36.7. The summed E-state index contributed by atoms with van der Waals surface area (Å²) in [5.41, 5.74) is 9.77. The number of carbonyl (C=O) groups excluding carboxylic acids is 1. The van der Waals surface area contributed by atoms with Crippen LogP contribution in [0.1, 0.15) is 82.6 Å². The monoisotopic (exact) mass is 955 g/mol. The van der Waals surface area contributed by atoms with Crippen LogP contribution in [0.5, 0.6) is 0 Å². The molecular weight excluding hydrogens is 893 g/mol. The number of fused-ring (bicyclic) bond motifs is 2. The van der Waals surface area contributed by atoms with Crippen molar-refractivity contribution in [2.75, 3.05) is 0 Å². The molecule has 0 saturated heterocycles. The summed E-state index contributed by atoms with van der Waals surface area (Å²) < 4.78 is 0. The van der Waals surface area contributed by atoms with Crippen LogP contribution in [-0.2, 0) is 24.9 Å². The van der Waals surface area contributed by atoms with Gasteiger partial charge in [0.25, 0.3) is 0 Å². The Labute approximate surface area is 357 Å². The van der Waals surface area contributed by atoms with Crippen molar-refractivity contribution < 1.29 is 30.0 Å². The minimum atomic E-state index is -1.29. The molecular formula is C51H62IrN2O2Si-2. The zero-order valence-electron chi connectivity index (χ0n) is 36.2. The van der Waals surface area contributed by atoms with E-state index < -0.39 is 8.07 Å². The Kier molecular flexibility index (Phi) is 17.4. The van der Waals surface area contributed by atoms with Crippen LogP contribution in [0.2, 0.25) is 19.6 Å². The van der Waals surface area contributed by atoms with Crippen LogP contribution in [0.3, 0.4) is 0 Å². The Balaban J connectivity index is 0.000000231. The summed E-state index contributed by atoms with van der Waals surface area (Å²) in [6.45, 7) is 25.6. The molecule has 6 heteroatoms. The number of benzene rings is 4. The molecule has 0 saturated carbocycles. The van der Waals surface area contributed by atoms with E-state index in [4.69, 9.17) is 4.98 Å². The standard InChI is InChI=1S/C20H22NSi.C17H14N.C14H26O2.Ir/c1-14-10-15(2)12-17(11-14)20-19-7-6-18(22(3,4)5)13-16(19)8-9-21-20;1-12-9-13(2)11-15(10-12)17-8-7-14-5-3-4-6-16(14)18-17;1-6-11(7-2)12(15)10-13(16)14(5,8-3)9-4;/h6-11,13H,1-5H3;3-10H,1-2H3;10-11,16H,6-9H2,1-5H3;/q2*-1;;/b;;13-10-;. The molecule has 2 aromatic heterocycles. The molecule has 2 heterocycles. The van der Waals surface area contributed by atoms with E-state index in [1.165, 1.54) is 38.5 Å². The van der Waals surface area contributed by atoms with Crippen molar-refractivity contribution in [3.05, 3.63) is 137 Å². The van der Waals surface area contributed by atoms with Gasteiger partial charge in [0.05, 0.1) is 13.6 Å². The smallest absolute Gasteiger partial charge is 0.162 e. The first kappa shape index (κ1) is 47.2. The fourth-order valence-corrected chi connectivity index (χ4v) is 8.03. The van der Waals surface area contributed by atoms with Gasteiger partial charge >= 0.3 is 0 Å². The van der Waals surface area contributed by atoms with E-state index in [-0.39, 0.29) is 43.0 Å². The Morgan fingerprint density at radius 3 is 1.95 bits per heavy atom. The average Bonchev–Trinajstić information content (AvgIpc) is 3.16. The normalized spacial score (nSPS) is 11.7. The first-order valence-corrected chi connectivity index (χ1v) is 23.7. The molecule has 6 rings (SSSR count). The molecule has 0 spiro atoms. The zero-order chi connectivity index (χ0) is 41.2. The summed E-state index contributed by atoms with van der Waals surface area (Å²) in [5, 5.41) is 15.2. The predicted octanol–water partition coefficient (Wildman–Crippen LogP) is 13.4. The first-order valence-electron chi connectivity index (χ1n) is 20.2. The number of nitrogens with zero attached hydrogens (tertiary/aromatic N) is 2.